The summed E-state index contributed by atoms with van der Waals surface area (Å²) < 4.78 is 24.2. The first-order chi connectivity index (χ1) is 13.1. The lowest BCUT2D eigenvalue weighted by Gasteiger charge is -2.35. The van der Waals surface area contributed by atoms with E-state index in [1.807, 2.05) is 24.3 Å². The molecule has 1 fully saturated rings. The molecule has 3 rings (SSSR count). The number of hydrogen-bond acceptors (Lipinski definition) is 4. The first kappa shape index (κ1) is 19.6. The molecule has 1 aliphatic rings. The fraction of sp³-hybridized carbons (Fsp3) is 0.350. The van der Waals surface area contributed by atoms with Crippen LogP contribution in [-0.2, 0) is 4.74 Å². The zero-order valence-corrected chi connectivity index (χ0v) is 15.8. The molecule has 2 aromatic rings. The highest BCUT2D eigenvalue weighted by Crippen LogP contribution is 2.28. The molecule has 1 aliphatic heterocycles. The Morgan fingerprint density at radius 2 is 2.04 bits per heavy atom. The number of nitrogens with one attached hydrogen (secondary N) is 1. The van der Waals surface area contributed by atoms with Crippen molar-refractivity contribution in [2.24, 2.45) is 0 Å². The summed E-state index contributed by atoms with van der Waals surface area (Å²) in [5.74, 6) is -0.809. The van der Waals surface area contributed by atoms with E-state index in [4.69, 9.17) is 21.1 Å². The van der Waals surface area contributed by atoms with Gasteiger partial charge in [-0.3, -0.25) is 9.69 Å². The van der Waals surface area contributed by atoms with Crippen LogP contribution in [-0.4, -0.2) is 50.8 Å². The smallest absolute Gasteiger partial charge is 0.251 e. The number of methoxy groups -OCH3 is 1. The van der Waals surface area contributed by atoms with Crippen LogP contribution in [0, 0.1) is 5.82 Å². The van der Waals surface area contributed by atoms with Gasteiger partial charge in [-0.15, -0.1) is 0 Å². The molecule has 1 saturated heterocycles. The topological polar surface area (TPSA) is 50.8 Å². The third-order valence-corrected chi connectivity index (χ3v) is 4.96. The Hall–Kier alpha value is -2.15. The summed E-state index contributed by atoms with van der Waals surface area (Å²) in [6, 6.07) is 11.7. The normalized spacial score (nSPS) is 16.0. The SMILES string of the molecule is COc1ccc(C(=O)NCC(c2ccccc2Cl)N2CCOCC2)cc1F. The summed E-state index contributed by atoms with van der Waals surface area (Å²) in [5, 5.41) is 3.55. The van der Waals surface area contributed by atoms with Crippen molar-refractivity contribution in [2.45, 2.75) is 6.04 Å². The number of morpholine rings is 1. The Bertz CT molecular complexity index is 797. The lowest BCUT2D eigenvalue weighted by Crippen LogP contribution is -2.44. The number of ether oxygens (including phenoxy) is 2. The molecular formula is C20H22ClFN2O3. The predicted octanol–water partition coefficient (Wildman–Crippen LogP) is 3.29. The van der Waals surface area contributed by atoms with Gasteiger partial charge in [-0.25, -0.2) is 4.39 Å². The molecule has 0 bridgehead atoms. The lowest BCUT2D eigenvalue weighted by atomic mass is 10.0. The van der Waals surface area contributed by atoms with Gasteiger partial charge in [0.2, 0.25) is 0 Å². The maximum atomic E-state index is 13.9. The molecule has 1 N–H and O–H groups in total. The minimum atomic E-state index is -0.569. The van der Waals surface area contributed by atoms with E-state index < -0.39 is 5.82 Å². The monoisotopic (exact) mass is 392 g/mol. The van der Waals surface area contributed by atoms with Crippen molar-refractivity contribution >= 4 is 17.5 Å². The molecule has 0 spiro atoms. The Balaban J connectivity index is 1.75. The molecule has 1 heterocycles. The maximum absolute atomic E-state index is 13.9. The van der Waals surface area contributed by atoms with E-state index in [-0.39, 0.29) is 23.3 Å². The molecule has 0 saturated carbocycles. The number of carbonyl (C=O) groups excluding carboxylic acids is 1. The van der Waals surface area contributed by atoms with Crippen LogP contribution < -0.4 is 10.1 Å². The van der Waals surface area contributed by atoms with Crippen LogP contribution in [0.25, 0.3) is 0 Å². The van der Waals surface area contributed by atoms with Crippen molar-refractivity contribution in [1.29, 1.82) is 0 Å². The highest BCUT2D eigenvalue weighted by molar-refractivity contribution is 6.31. The van der Waals surface area contributed by atoms with Crippen LogP contribution in [0.5, 0.6) is 5.75 Å². The molecule has 144 valence electrons. The number of benzene rings is 2. The molecule has 7 heteroatoms. The average Bonchev–Trinajstić information content (AvgIpc) is 2.70. The lowest BCUT2D eigenvalue weighted by molar-refractivity contribution is 0.0162. The molecule has 27 heavy (non-hydrogen) atoms. The summed E-state index contributed by atoms with van der Waals surface area (Å²) in [6.07, 6.45) is 0. The first-order valence-electron chi connectivity index (χ1n) is 8.78. The van der Waals surface area contributed by atoms with Crippen molar-refractivity contribution in [1.82, 2.24) is 10.2 Å². The van der Waals surface area contributed by atoms with Gasteiger partial charge in [0.15, 0.2) is 11.6 Å². The third-order valence-electron chi connectivity index (χ3n) is 4.62. The van der Waals surface area contributed by atoms with E-state index in [9.17, 15) is 9.18 Å². The fourth-order valence-corrected chi connectivity index (χ4v) is 3.43. The van der Waals surface area contributed by atoms with Gasteiger partial charge in [0.05, 0.1) is 26.4 Å². The zero-order valence-electron chi connectivity index (χ0n) is 15.1. The summed E-state index contributed by atoms with van der Waals surface area (Å²) in [7, 11) is 1.38. The van der Waals surface area contributed by atoms with Crippen LogP contribution in [0.2, 0.25) is 5.02 Å². The largest absolute Gasteiger partial charge is 0.494 e. The first-order valence-corrected chi connectivity index (χ1v) is 9.16. The van der Waals surface area contributed by atoms with Gasteiger partial charge < -0.3 is 14.8 Å². The minimum absolute atomic E-state index is 0.0883. The van der Waals surface area contributed by atoms with E-state index in [0.29, 0.717) is 24.8 Å². The summed E-state index contributed by atoms with van der Waals surface area (Å²) in [4.78, 5) is 14.7. The van der Waals surface area contributed by atoms with Crippen LogP contribution in [0.4, 0.5) is 4.39 Å². The molecule has 1 unspecified atom stereocenters. The fourth-order valence-electron chi connectivity index (χ4n) is 3.17. The van der Waals surface area contributed by atoms with Gasteiger partial charge >= 0.3 is 0 Å². The quantitative estimate of drug-likeness (QED) is 0.819. The minimum Gasteiger partial charge on any atom is -0.494 e. The van der Waals surface area contributed by atoms with Crippen molar-refractivity contribution in [3.8, 4) is 5.75 Å². The van der Waals surface area contributed by atoms with Crippen molar-refractivity contribution < 1.29 is 18.7 Å². The van der Waals surface area contributed by atoms with E-state index in [0.717, 1.165) is 18.7 Å². The van der Waals surface area contributed by atoms with Crippen molar-refractivity contribution in [3.63, 3.8) is 0 Å². The Morgan fingerprint density at radius 1 is 1.30 bits per heavy atom. The number of rotatable bonds is 6. The summed E-state index contributed by atoms with van der Waals surface area (Å²) in [6.45, 7) is 3.14. The van der Waals surface area contributed by atoms with Gasteiger partial charge in [0, 0.05) is 30.2 Å². The Kier molecular flexibility index (Phi) is 6.66. The predicted molar refractivity (Wildman–Crippen MR) is 102 cm³/mol. The number of nitrogens with zero attached hydrogens (tertiary/aromatic N) is 1. The van der Waals surface area contributed by atoms with E-state index in [1.54, 1.807) is 0 Å². The number of amides is 1. The van der Waals surface area contributed by atoms with Crippen LogP contribution in [0.3, 0.4) is 0 Å². The second-order valence-electron chi connectivity index (χ2n) is 6.25. The molecule has 1 amide bonds. The molecular weight excluding hydrogens is 371 g/mol. The number of carbonyl (C=O) groups is 1. The van der Waals surface area contributed by atoms with E-state index in [1.165, 1.54) is 25.3 Å². The van der Waals surface area contributed by atoms with Gasteiger partial charge in [0.25, 0.3) is 5.91 Å². The third kappa shape index (κ3) is 4.77. The highest BCUT2D eigenvalue weighted by atomic mass is 35.5. The molecule has 0 radical (unpaired) electrons. The van der Waals surface area contributed by atoms with Crippen LogP contribution in [0.15, 0.2) is 42.5 Å². The highest BCUT2D eigenvalue weighted by Gasteiger charge is 2.25. The maximum Gasteiger partial charge on any atom is 0.251 e. The Morgan fingerprint density at radius 3 is 2.70 bits per heavy atom. The Labute approximate surface area is 163 Å². The number of hydrogen-bond donors (Lipinski definition) is 1. The molecule has 0 aliphatic carbocycles. The van der Waals surface area contributed by atoms with Crippen molar-refractivity contribution in [3.05, 3.63) is 64.4 Å². The van der Waals surface area contributed by atoms with E-state index >= 15 is 0 Å². The molecule has 5 nitrogen and oxygen atoms in total. The summed E-state index contributed by atoms with van der Waals surface area (Å²) in [5.41, 5.74) is 1.19. The van der Waals surface area contributed by atoms with Crippen LogP contribution in [0.1, 0.15) is 22.0 Å². The zero-order chi connectivity index (χ0) is 19.2. The standard InChI is InChI=1S/C20H22ClFN2O3/c1-26-19-7-6-14(12-17(19)22)20(25)23-13-18(24-8-10-27-11-9-24)15-4-2-3-5-16(15)21/h2-7,12,18H,8-11,13H2,1H3,(H,23,25). The molecule has 1 atom stereocenters. The van der Waals surface area contributed by atoms with Crippen molar-refractivity contribution in [2.75, 3.05) is 40.0 Å². The average molecular weight is 393 g/mol. The van der Waals surface area contributed by atoms with Gasteiger partial charge in [0.1, 0.15) is 0 Å². The van der Waals surface area contributed by atoms with Crippen LogP contribution >= 0.6 is 11.6 Å². The second kappa shape index (κ2) is 9.17. The second-order valence-corrected chi connectivity index (χ2v) is 6.65. The van der Waals surface area contributed by atoms with E-state index in [2.05, 4.69) is 10.2 Å². The molecule has 2 aromatic carbocycles. The molecule has 0 aromatic heterocycles. The summed E-state index contributed by atoms with van der Waals surface area (Å²) >= 11 is 6.39. The number of halogens is 2. The van der Waals surface area contributed by atoms with Gasteiger partial charge in [-0.1, -0.05) is 29.8 Å². The van der Waals surface area contributed by atoms with Gasteiger partial charge in [-0.2, -0.15) is 0 Å². The van der Waals surface area contributed by atoms with Gasteiger partial charge in [-0.05, 0) is 29.8 Å².